The summed E-state index contributed by atoms with van der Waals surface area (Å²) < 4.78 is 44.2. The highest BCUT2D eigenvalue weighted by Crippen LogP contribution is 2.37. The van der Waals surface area contributed by atoms with E-state index in [1.807, 2.05) is 13.8 Å². The Bertz CT molecular complexity index is 459. The molecule has 0 radical (unpaired) electrons. The van der Waals surface area contributed by atoms with Gasteiger partial charge in [0.25, 0.3) is 0 Å². The highest BCUT2D eigenvalue weighted by atomic mass is 19.4. The molecule has 2 atom stereocenters. The van der Waals surface area contributed by atoms with Crippen LogP contribution in [0.1, 0.15) is 37.8 Å². The van der Waals surface area contributed by atoms with Crippen molar-refractivity contribution in [1.82, 2.24) is 5.32 Å². The van der Waals surface area contributed by atoms with Gasteiger partial charge in [0.05, 0.1) is 11.2 Å². The van der Waals surface area contributed by atoms with Crippen molar-refractivity contribution in [2.45, 2.75) is 44.5 Å². The summed E-state index contributed by atoms with van der Waals surface area (Å²) in [5.74, 6) is 0. The molecule has 2 rings (SSSR count). The Balaban J connectivity index is 2.25. The van der Waals surface area contributed by atoms with Gasteiger partial charge in [-0.3, -0.25) is 0 Å². The molecule has 1 fully saturated rings. The Morgan fingerprint density at radius 2 is 2.15 bits per heavy atom. The topological polar surface area (TPSA) is 21.3 Å². The second kappa shape index (κ2) is 5.74. The van der Waals surface area contributed by atoms with E-state index in [-0.39, 0.29) is 6.04 Å². The van der Waals surface area contributed by atoms with Gasteiger partial charge < -0.3 is 10.1 Å². The monoisotopic (exact) mass is 287 g/mol. The number of hydrogen-bond acceptors (Lipinski definition) is 2. The third-order valence-corrected chi connectivity index (χ3v) is 3.82. The average molecular weight is 287 g/mol. The fourth-order valence-corrected chi connectivity index (χ4v) is 2.75. The lowest BCUT2D eigenvalue weighted by Gasteiger charge is -2.39. The average Bonchev–Trinajstić information content (AvgIpc) is 2.38. The molecule has 0 saturated carbocycles. The Morgan fingerprint density at radius 1 is 1.40 bits per heavy atom. The molecule has 1 heterocycles. The predicted octanol–water partition coefficient (Wildman–Crippen LogP) is 3.71. The fraction of sp³-hybridized carbons (Fsp3) is 0.600. The zero-order chi connectivity index (χ0) is 14.8. The van der Waals surface area contributed by atoms with Crippen molar-refractivity contribution in [3.05, 3.63) is 35.4 Å². The van der Waals surface area contributed by atoms with Gasteiger partial charge in [0.15, 0.2) is 0 Å². The van der Waals surface area contributed by atoms with Crippen LogP contribution in [0.3, 0.4) is 0 Å². The van der Waals surface area contributed by atoms with Gasteiger partial charge in [-0.1, -0.05) is 19.1 Å². The third kappa shape index (κ3) is 3.33. The second-order valence-corrected chi connectivity index (χ2v) is 5.41. The van der Waals surface area contributed by atoms with Crippen molar-refractivity contribution in [2.24, 2.45) is 0 Å². The van der Waals surface area contributed by atoms with Crippen LogP contribution in [0.25, 0.3) is 0 Å². The van der Waals surface area contributed by atoms with Crippen LogP contribution in [0.5, 0.6) is 0 Å². The van der Waals surface area contributed by atoms with Crippen LogP contribution in [-0.4, -0.2) is 19.2 Å². The van der Waals surface area contributed by atoms with Crippen LogP contribution < -0.4 is 5.32 Å². The fourth-order valence-electron chi connectivity index (χ4n) is 2.75. The molecule has 1 aromatic carbocycles. The van der Waals surface area contributed by atoms with Crippen LogP contribution in [0.4, 0.5) is 13.2 Å². The van der Waals surface area contributed by atoms with E-state index in [4.69, 9.17) is 4.74 Å². The van der Waals surface area contributed by atoms with Crippen molar-refractivity contribution >= 4 is 0 Å². The molecule has 1 saturated heterocycles. The summed E-state index contributed by atoms with van der Waals surface area (Å²) in [6.45, 7) is 5.30. The maximum absolute atomic E-state index is 12.8. The highest BCUT2D eigenvalue weighted by Gasteiger charge is 2.37. The smallest absolute Gasteiger partial charge is 0.370 e. The van der Waals surface area contributed by atoms with Gasteiger partial charge in [0.2, 0.25) is 0 Å². The molecule has 0 amide bonds. The number of benzene rings is 1. The Morgan fingerprint density at radius 3 is 2.80 bits per heavy atom. The minimum Gasteiger partial charge on any atom is -0.370 e. The lowest BCUT2D eigenvalue weighted by Crippen LogP contribution is -2.43. The van der Waals surface area contributed by atoms with Gasteiger partial charge in [-0.2, -0.15) is 13.2 Å². The first-order chi connectivity index (χ1) is 9.35. The Kier molecular flexibility index (Phi) is 4.39. The number of halogens is 3. The van der Waals surface area contributed by atoms with E-state index in [1.54, 1.807) is 6.07 Å². The molecule has 0 bridgehead atoms. The van der Waals surface area contributed by atoms with Gasteiger partial charge in [0, 0.05) is 12.6 Å². The number of hydrogen-bond donors (Lipinski definition) is 1. The molecular formula is C15H20F3NO. The van der Waals surface area contributed by atoms with E-state index in [9.17, 15) is 13.2 Å². The molecule has 2 nitrogen and oxygen atoms in total. The molecule has 0 aliphatic carbocycles. The van der Waals surface area contributed by atoms with E-state index < -0.39 is 17.3 Å². The normalized spacial score (nSPS) is 27.6. The molecule has 1 N–H and O–H groups in total. The minimum absolute atomic E-state index is 0.285. The predicted molar refractivity (Wildman–Crippen MR) is 71.4 cm³/mol. The van der Waals surface area contributed by atoms with E-state index in [1.165, 1.54) is 12.1 Å². The van der Waals surface area contributed by atoms with E-state index >= 15 is 0 Å². The maximum atomic E-state index is 12.8. The molecule has 0 aromatic heterocycles. The lowest BCUT2D eigenvalue weighted by molar-refractivity contribution is -0.138. The molecule has 0 spiro atoms. The molecule has 112 valence electrons. The second-order valence-electron chi connectivity index (χ2n) is 5.41. The van der Waals surface area contributed by atoms with Crippen LogP contribution in [0, 0.1) is 0 Å². The van der Waals surface area contributed by atoms with E-state index in [0.29, 0.717) is 18.6 Å². The number of ether oxygens (including phenoxy) is 1. The molecular weight excluding hydrogens is 267 g/mol. The Hall–Kier alpha value is -1.07. The lowest BCUT2D eigenvalue weighted by atomic mass is 9.85. The van der Waals surface area contributed by atoms with E-state index in [2.05, 4.69) is 5.32 Å². The first-order valence-electron chi connectivity index (χ1n) is 6.90. The van der Waals surface area contributed by atoms with Crippen molar-refractivity contribution in [3.8, 4) is 0 Å². The first kappa shape index (κ1) is 15.3. The largest absolute Gasteiger partial charge is 0.416 e. The van der Waals surface area contributed by atoms with Crippen molar-refractivity contribution < 1.29 is 17.9 Å². The van der Waals surface area contributed by atoms with Gasteiger partial charge in [-0.15, -0.1) is 0 Å². The number of nitrogens with one attached hydrogen (secondary N) is 1. The van der Waals surface area contributed by atoms with Gasteiger partial charge in [-0.05, 0) is 44.0 Å². The molecule has 2 unspecified atom stereocenters. The summed E-state index contributed by atoms with van der Waals surface area (Å²) in [5.41, 5.74) is -0.688. The van der Waals surface area contributed by atoms with Crippen LogP contribution >= 0.6 is 0 Å². The van der Waals surface area contributed by atoms with Crippen LogP contribution in [0.2, 0.25) is 0 Å². The summed E-state index contributed by atoms with van der Waals surface area (Å²) >= 11 is 0. The summed E-state index contributed by atoms with van der Waals surface area (Å²) in [6.07, 6.45) is -2.74. The van der Waals surface area contributed by atoms with Crippen molar-refractivity contribution in [2.75, 3.05) is 13.2 Å². The standard InChI is InChI=1S/C15H20F3NO/c1-3-19-13-7-8-20-14(2,10-13)11-5-4-6-12(9-11)15(16,17)18/h4-6,9,13,19H,3,7-8,10H2,1-2H3. The van der Waals surface area contributed by atoms with Crippen molar-refractivity contribution in [1.29, 1.82) is 0 Å². The molecule has 20 heavy (non-hydrogen) atoms. The zero-order valence-electron chi connectivity index (χ0n) is 11.8. The first-order valence-corrected chi connectivity index (χ1v) is 6.90. The van der Waals surface area contributed by atoms with Crippen molar-refractivity contribution in [3.63, 3.8) is 0 Å². The zero-order valence-corrected chi connectivity index (χ0v) is 11.8. The molecule has 1 aliphatic rings. The highest BCUT2D eigenvalue weighted by molar-refractivity contribution is 5.30. The third-order valence-electron chi connectivity index (χ3n) is 3.82. The summed E-state index contributed by atoms with van der Waals surface area (Å²) in [6, 6.07) is 5.74. The SMILES string of the molecule is CCNC1CCOC(C)(c2cccc(C(F)(F)F)c2)C1. The number of rotatable bonds is 3. The quantitative estimate of drug-likeness (QED) is 0.915. The summed E-state index contributed by atoms with van der Waals surface area (Å²) in [5, 5.41) is 3.35. The van der Waals surface area contributed by atoms with E-state index in [0.717, 1.165) is 19.0 Å². The Labute approximate surface area is 117 Å². The minimum atomic E-state index is -4.32. The van der Waals surface area contributed by atoms with Gasteiger partial charge in [-0.25, -0.2) is 0 Å². The molecule has 1 aliphatic heterocycles. The van der Waals surface area contributed by atoms with Crippen LogP contribution in [-0.2, 0) is 16.5 Å². The van der Waals surface area contributed by atoms with Gasteiger partial charge >= 0.3 is 6.18 Å². The molecule has 1 aromatic rings. The van der Waals surface area contributed by atoms with Crippen LogP contribution in [0.15, 0.2) is 24.3 Å². The summed E-state index contributed by atoms with van der Waals surface area (Å²) in [4.78, 5) is 0. The van der Waals surface area contributed by atoms with Gasteiger partial charge in [0.1, 0.15) is 0 Å². The molecule has 5 heteroatoms. The number of alkyl halides is 3. The maximum Gasteiger partial charge on any atom is 0.416 e. The summed E-state index contributed by atoms with van der Waals surface area (Å²) in [7, 11) is 0.